The Labute approximate surface area is 204 Å². The van der Waals surface area contributed by atoms with E-state index in [0.717, 1.165) is 5.56 Å². The van der Waals surface area contributed by atoms with E-state index in [2.05, 4.69) is 22.4 Å². The zero-order chi connectivity index (χ0) is 24.2. The van der Waals surface area contributed by atoms with Crippen LogP contribution < -0.4 is 15.6 Å². The molecule has 1 aromatic rings. The van der Waals surface area contributed by atoms with Crippen LogP contribution in [-0.4, -0.2) is 54.6 Å². The fourth-order valence-electron chi connectivity index (χ4n) is 3.77. The molecule has 180 valence electrons. The van der Waals surface area contributed by atoms with E-state index in [0.29, 0.717) is 60.7 Å². The first-order valence-electron chi connectivity index (χ1n) is 10.9. The SMILES string of the molecule is C=CCOc1ccc(Cl)c(Cl)c1C1CN=C(NNC(=O)C2CCN(C(=O)OC(C)(C)C)C2)C1. The number of benzene rings is 1. The third-order valence-corrected chi connectivity index (χ3v) is 6.16. The van der Waals surface area contributed by atoms with E-state index in [4.69, 9.17) is 32.7 Å². The number of halogens is 2. The van der Waals surface area contributed by atoms with Crippen molar-refractivity contribution < 1.29 is 19.1 Å². The minimum Gasteiger partial charge on any atom is -0.489 e. The van der Waals surface area contributed by atoms with Gasteiger partial charge in [-0.05, 0) is 39.3 Å². The Morgan fingerprint density at radius 1 is 1.33 bits per heavy atom. The van der Waals surface area contributed by atoms with Gasteiger partial charge in [0.2, 0.25) is 5.91 Å². The molecule has 0 radical (unpaired) electrons. The maximum atomic E-state index is 12.6. The van der Waals surface area contributed by atoms with Crippen LogP contribution in [0, 0.1) is 5.92 Å². The van der Waals surface area contributed by atoms with Crippen LogP contribution in [0.2, 0.25) is 10.0 Å². The minimum absolute atomic E-state index is 0.0374. The van der Waals surface area contributed by atoms with Crippen molar-refractivity contribution in [3.05, 3.63) is 40.4 Å². The van der Waals surface area contributed by atoms with E-state index in [1.165, 1.54) is 0 Å². The molecule has 0 bridgehead atoms. The number of rotatable bonds is 5. The van der Waals surface area contributed by atoms with Crippen LogP contribution in [0.3, 0.4) is 0 Å². The van der Waals surface area contributed by atoms with Crippen molar-refractivity contribution in [3.8, 4) is 5.75 Å². The maximum absolute atomic E-state index is 12.6. The number of carbonyl (C=O) groups is 2. The normalized spacial score (nSPS) is 20.3. The Morgan fingerprint density at radius 2 is 2.09 bits per heavy atom. The number of nitrogens with one attached hydrogen (secondary N) is 2. The minimum atomic E-state index is -0.571. The van der Waals surface area contributed by atoms with Crippen LogP contribution >= 0.6 is 23.2 Å². The molecular weight excluding hydrogens is 467 g/mol. The van der Waals surface area contributed by atoms with Crippen molar-refractivity contribution in [2.75, 3.05) is 26.2 Å². The standard InChI is InChI=1S/C23H30Cl2N4O4/c1-5-10-32-17-7-6-16(24)20(25)19(17)15-11-18(26-12-15)27-28-21(30)14-8-9-29(13-14)22(31)33-23(2,3)4/h5-7,14-15H,1,8-13H2,2-4H3,(H,26,27)(H,28,30). The molecule has 3 rings (SSSR count). The second-order valence-corrected chi connectivity index (χ2v) is 9.87. The summed E-state index contributed by atoms with van der Waals surface area (Å²) in [5, 5.41) is 0.889. The smallest absolute Gasteiger partial charge is 0.410 e. The highest BCUT2D eigenvalue weighted by molar-refractivity contribution is 6.42. The average molecular weight is 497 g/mol. The van der Waals surface area contributed by atoms with Crippen LogP contribution in [0.4, 0.5) is 4.79 Å². The summed E-state index contributed by atoms with van der Waals surface area (Å²) in [6, 6.07) is 3.49. The van der Waals surface area contributed by atoms with Crippen LogP contribution in [0.15, 0.2) is 29.8 Å². The summed E-state index contributed by atoms with van der Waals surface area (Å²) >= 11 is 12.7. The van der Waals surface area contributed by atoms with Crippen molar-refractivity contribution in [1.29, 1.82) is 0 Å². The Balaban J connectivity index is 1.53. The van der Waals surface area contributed by atoms with Crippen LogP contribution in [-0.2, 0) is 9.53 Å². The van der Waals surface area contributed by atoms with Crippen molar-refractivity contribution in [2.45, 2.75) is 45.1 Å². The number of hydrogen-bond acceptors (Lipinski definition) is 6. The van der Waals surface area contributed by atoms with Crippen molar-refractivity contribution in [1.82, 2.24) is 15.8 Å². The molecule has 2 N–H and O–H groups in total. The number of aliphatic imine (C=N–C) groups is 1. The monoisotopic (exact) mass is 496 g/mol. The number of amides is 2. The molecule has 0 saturated carbocycles. The number of amidine groups is 1. The van der Waals surface area contributed by atoms with Crippen molar-refractivity contribution in [2.24, 2.45) is 10.9 Å². The highest BCUT2D eigenvalue weighted by Gasteiger charge is 2.34. The molecule has 2 unspecified atom stereocenters. The van der Waals surface area contributed by atoms with Gasteiger partial charge >= 0.3 is 6.09 Å². The lowest BCUT2D eigenvalue weighted by molar-refractivity contribution is -0.125. The lowest BCUT2D eigenvalue weighted by Crippen LogP contribution is -2.45. The van der Waals surface area contributed by atoms with E-state index >= 15 is 0 Å². The lowest BCUT2D eigenvalue weighted by Gasteiger charge is -2.24. The first kappa shape index (κ1) is 25.2. The Morgan fingerprint density at radius 3 is 2.79 bits per heavy atom. The van der Waals surface area contributed by atoms with Gasteiger partial charge in [-0.15, -0.1) is 0 Å². The summed E-state index contributed by atoms with van der Waals surface area (Å²) in [7, 11) is 0. The summed E-state index contributed by atoms with van der Waals surface area (Å²) in [6.07, 6.45) is 2.37. The molecule has 2 aliphatic rings. The third kappa shape index (κ3) is 6.54. The van der Waals surface area contributed by atoms with Crippen LogP contribution in [0.1, 0.15) is 45.1 Å². The van der Waals surface area contributed by atoms with Gasteiger partial charge in [-0.1, -0.05) is 35.9 Å². The number of carbonyl (C=O) groups excluding carboxylic acids is 2. The van der Waals surface area contributed by atoms with Gasteiger partial charge < -0.3 is 14.4 Å². The van der Waals surface area contributed by atoms with Gasteiger partial charge in [-0.2, -0.15) is 0 Å². The predicted octanol–water partition coefficient (Wildman–Crippen LogP) is 4.32. The van der Waals surface area contributed by atoms with Crippen molar-refractivity contribution in [3.63, 3.8) is 0 Å². The second kappa shape index (κ2) is 10.7. The molecule has 0 aromatic heterocycles. The van der Waals surface area contributed by atoms with E-state index < -0.39 is 11.7 Å². The van der Waals surface area contributed by atoms with Crippen LogP contribution in [0.25, 0.3) is 0 Å². The molecule has 10 heteroatoms. The molecular formula is C23H30Cl2N4O4. The molecule has 0 spiro atoms. The van der Waals surface area contributed by atoms with Crippen molar-refractivity contribution >= 4 is 41.0 Å². The first-order chi connectivity index (χ1) is 15.6. The van der Waals surface area contributed by atoms with Gasteiger partial charge in [0.25, 0.3) is 0 Å². The molecule has 1 saturated heterocycles. The zero-order valence-corrected chi connectivity index (χ0v) is 20.6. The molecule has 2 amide bonds. The topological polar surface area (TPSA) is 92.3 Å². The number of hydrazine groups is 1. The highest BCUT2D eigenvalue weighted by atomic mass is 35.5. The molecule has 2 atom stereocenters. The second-order valence-electron chi connectivity index (χ2n) is 9.09. The molecule has 8 nitrogen and oxygen atoms in total. The summed E-state index contributed by atoms with van der Waals surface area (Å²) in [5.74, 6) is 0.737. The molecule has 0 aliphatic carbocycles. The van der Waals surface area contributed by atoms with E-state index in [9.17, 15) is 9.59 Å². The molecule has 2 aliphatic heterocycles. The van der Waals surface area contributed by atoms with Gasteiger partial charge in [0.15, 0.2) is 0 Å². The molecule has 33 heavy (non-hydrogen) atoms. The highest BCUT2D eigenvalue weighted by Crippen LogP contribution is 2.41. The Kier molecular flexibility index (Phi) is 8.13. The average Bonchev–Trinajstić information content (AvgIpc) is 3.41. The lowest BCUT2D eigenvalue weighted by atomic mass is 9.96. The van der Waals surface area contributed by atoms with E-state index in [-0.39, 0.29) is 17.7 Å². The number of ether oxygens (including phenoxy) is 2. The summed E-state index contributed by atoms with van der Waals surface area (Å²) in [6.45, 7) is 10.8. The number of nitrogens with zero attached hydrogens (tertiary/aromatic N) is 2. The first-order valence-corrected chi connectivity index (χ1v) is 11.6. The largest absolute Gasteiger partial charge is 0.489 e. The predicted molar refractivity (Wildman–Crippen MR) is 129 cm³/mol. The Bertz CT molecular complexity index is 945. The number of likely N-dealkylation sites (tertiary alicyclic amines) is 1. The summed E-state index contributed by atoms with van der Waals surface area (Å²) in [5.41, 5.74) is 5.86. The summed E-state index contributed by atoms with van der Waals surface area (Å²) in [4.78, 5) is 30.9. The van der Waals surface area contributed by atoms with Crippen LogP contribution in [0.5, 0.6) is 5.75 Å². The fraction of sp³-hybridized carbons (Fsp3) is 0.522. The zero-order valence-electron chi connectivity index (χ0n) is 19.1. The van der Waals surface area contributed by atoms with E-state index in [1.807, 2.05) is 20.8 Å². The Hall–Kier alpha value is -2.45. The molecule has 1 aromatic carbocycles. The number of hydrogen-bond donors (Lipinski definition) is 2. The van der Waals surface area contributed by atoms with Gasteiger partial charge in [0.05, 0.1) is 16.0 Å². The molecule has 2 heterocycles. The quantitative estimate of drug-likeness (QED) is 0.467. The maximum Gasteiger partial charge on any atom is 0.410 e. The van der Waals surface area contributed by atoms with Gasteiger partial charge in [0, 0.05) is 37.5 Å². The fourth-order valence-corrected chi connectivity index (χ4v) is 4.25. The summed E-state index contributed by atoms with van der Waals surface area (Å²) < 4.78 is 11.1. The molecule has 1 fully saturated rings. The van der Waals surface area contributed by atoms with Gasteiger partial charge in [-0.3, -0.25) is 20.6 Å². The van der Waals surface area contributed by atoms with Gasteiger partial charge in [-0.25, -0.2) is 4.79 Å². The van der Waals surface area contributed by atoms with E-state index in [1.54, 1.807) is 23.1 Å². The third-order valence-electron chi connectivity index (χ3n) is 5.34. The van der Waals surface area contributed by atoms with Gasteiger partial charge in [0.1, 0.15) is 23.8 Å².